The molecule has 0 aromatic carbocycles. The molecule has 6 heteroatoms. The second-order valence-electron chi connectivity index (χ2n) is 5.06. The van der Waals surface area contributed by atoms with Gasteiger partial charge in [-0.3, -0.25) is 9.69 Å². The van der Waals surface area contributed by atoms with Crippen molar-refractivity contribution in [3.63, 3.8) is 0 Å². The minimum absolute atomic E-state index is 0.0348. The maximum Gasteiger partial charge on any atom is 0.256 e. The van der Waals surface area contributed by atoms with Gasteiger partial charge in [0.15, 0.2) is 0 Å². The van der Waals surface area contributed by atoms with Crippen molar-refractivity contribution in [2.24, 2.45) is 0 Å². The summed E-state index contributed by atoms with van der Waals surface area (Å²) in [5.41, 5.74) is 0.596. The van der Waals surface area contributed by atoms with Gasteiger partial charge in [0.1, 0.15) is 4.64 Å². The van der Waals surface area contributed by atoms with Crippen molar-refractivity contribution in [3.05, 3.63) is 50.9 Å². The van der Waals surface area contributed by atoms with Crippen molar-refractivity contribution >= 4 is 29.5 Å². The van der Waals surface area contributed by atoms with E-state index in [1.807, 2.05) is 11.0 Å². The Morgan fingerprint density at radius 3 is 2.71 bits per heavy atom. The van der Waals surface area contributed by atoms with E-state index in [1.54, 1.807) is 23.6 Å². The van der Waals surface area contributed by atoms with Crippen LogP contribution in [0.15, 0.2) is 35.8 Å². The Morgan fingerprint density at radius 1 is 1.24 bits per heavy atom. The van der Waals surface area contributed by atoms with E-state index in [0.29, 0.717) is 10.2 Å². The largest absolute Gasteiger partial charge is 0.352 e. The third kappa shape index (κ3) is 3.40. The number of aromatic nitrogens is 1. The molecule has 0 radical (unpaired) electrons. The molecule has 110 valence electrons. The number of nitrogens with one attached hydrogen (secondary N) is 1. The number of aromatic amines is 1. The fourth-order valence-corrected chi connectivity index (χ4v) is 3.46. The molecule has 1 aliphatic heterocycles. The Kier molecular flexibility index (Phi) is 4.48. The first-order valence-corrected chi connectivity index (χ1v) is 8.24. The fraction of sp³-hybridized carbons (Fsp3) is 0.333. The van der Waals surface area contributed by atoms with E-state index in [-0.39, 0.29) is 5.91 Å². The van der Waals surface area contributed by atoms with Crippen molar-refractivity contribution in [3.8, 4) is 0 Å². The van der Waals surface area contributed by atoms with Gasteiger partial charge >= 0.3 is 0 Å². The molecular weight excluding hydrogens is 302 g/mol. The van der Waals surface area contributed by atoms with Gasteiger partial charge in [-0.1, -0.05) is 18.3 Å². The van der Waals surface area contributed by atoms with Crippen LogP contribution in [0.5, 0.6) is 0 Å². The summed E-state index contributed by atoms with van der Waals surface area (Å²) in [7, 11) is 0. The zero-order chi connectivity index (χ0) is 14.7. The quantitative estimate of drug-likeness (QED) is 0.884. The molecule has 1 fully saturated rings. The number of carbonyl (C=O) groups is 1. The molecule has 1 amide bonds. The predicted molar refractivity (Wildman–Crippen MR) is 87.1 cm³/mol. The summed E-state index contributed by atoms with van der Waals surface area (Å²) in [4.78, 5) is 21.0. The molecule has 0 saturated carbocycles. The lowest BCUT2D eigenvalue weighted by molar-refractivity contribution is 0.0628. The SMILES string of the molecule is O=C(c1ccc[nH]c1=S)N1CCN(Cc2cccs2)CC1. The molecule has 4 nitrogen and oxygen atoms in total. The van der Waals surface area contributed by atoms with E-state index in [9.17, 15) is 4.79 Å². The van der Waals surface area contributed by atoms with Gasteiger partial charge in [0.2, 0.25) is 0 Å². The summed E-state index contributed by atoms with van der Waals surface area (Å²) in [5, 5.41) is 2.10. The monoisotopic (exact) mass is 319 g/mol. The minimum atomic E-state index is 0.0348. The van der Waals surface area contributed by atoms with Gasteiger partial charge in [-0.15, -0.1) is 11.3 Å². The Hall–Kier alpha value is -1.50. The number of H-pyrrole nitrogens is 1. The first-order chi connectivity index (χ1) is 10.2. The maximum absolute atomic E-state index is 12.5. The van der Waals surface area contributed by atoms with Gasteiger partial charge in [-0.05, 0) is 23.6 Å². The number of carbonyl (C=O) groups excluding carboxylic acids is 1. The first-order valence-electron chi connectivity index (χ1n) is 6.96. The zero-order valence-corrected chi connectivity index (χ0v) is 13.3. The standard InChI is InChI=1S/C15H17N3OS2/c19-15(13-4-1-5-16-14(13)20)18-8-6-17(7-9-18)11-12-3-2-10-21-12/h1-5,10H,6-9,11H2,(H,16,20). The van der Waals surface area contributed by atoms with Crippen LogP contribution < -0.4 is 0 Å². The first kappa shape index (κ1) is 14.4. The summed E-state index contributed by atoms with van der Waals surface area (Å²) < 4.78 is 0.517. The molecule has 1 N–H and O–H groups in total. The zero-order valence-electron chi connectivity index (χ0n) is 11.6. The highest BCUT2D eigenvalue weighted by Gasteiger charge is 2.22. The molecule has 0 bridgehead atoms. The number of pyridine rings is 1. The molecule has 2 aromatic rings. The van der Waals surface area contributed by atoms with Crippen molar-refractivity contribution in [2.45, 2.75) is 6.54 Å². The van der Waals surface area contributed by atoms with E-state index in [4.69, 9.17) is 12.2 Å². The van der Waals surface area contributed by atoms with Crippen LogP contribution in [0, 0.1) is 4.64 Å². The van der Waals surface area contributed by atoms with Crippen LogP contribution in [0.1, 0.15) is 15.2 Å². The van der Waals surface area contributed by atoms with Crippen molar-refractivity contribution in [2.75, 3.05) is 26.2 Å². The molecule has 0 spiro atoms. The van der Waals surface area contributed by atoms with Gasteiger partial charge in [0, 0.05) is 43.8 Å². The molecule has 3 rings (SSSR count). The van der Waals surface area contributed by atoms with Crippen LogP contribution in [0.4, 0.5) is 0 Å². The summed E-state index contributed by atoms with van der Waals surface area (Å²) in [6.07, 6.45) is 1.75. The van der Waals surface area contributed by atoms with E-state index in [1.165, 1.54) is 4.88 Å². The second kappa shape index (κ2) is 6.51. The minimum Gasteiger partial charge on any atom is -0.352 e. The summed E-state index contributed by atoms with van der Waals surface area (Å²) in [5.74, 6) is 0.0348. The van der Waals surface area contributed by atoms with Gasteiger partial charge in [0.05, 0.1) is 5.56 Å². The highest BCUT2D eigenvalue weighted by Crippen LogP contribution is 2.15. The van der Waals surface area contributed by atoms with Crippen LogP contribution >= 0.6 is 23.6 Å². The number of nitrogens with zero attached hydrogens (tertiary/aromatic N) is 2. The Morgan fingerprint density at radius 2 is 2.05 bits per heavy atom. The van der Waals surface area contributed by atoms with Crippen molar-refractivity contribution < 1.29 is 4.79 Å². The lowest BCUT2D eigenvalue weighted by atomic mass is 10.2. The number of hydrogen-bond donors (Lipinski definition) is 1. The van der Waals surface area contributed by atoms with E-state index >= 15 is 0 Å². The highest BCUT2D eigenvalue weighted by atomic mass is 32.1. The number of amides is 1. The number of rotatable bonds is 3. The van der Waals surface area contributed by atoms with Crippen LogP contribution in [0.2, 0.25) is 0 Å². The number of piperazine rings is 1. The summed E-state index contributed by atoms with van der Waals surface area (Å²) >= 11 is 6.97. The summed E-state index contributed by atoms with van der Waals surface area (Å²) in [6.45, 7) is 4.31. The molecule has 0 aliphatic carbocycles. The predicted octanol–water partition coefficient (Wildman–Crippen LogP) is 2.76. The lowest BCUT2D eigenvalue weighted by Crippen LogP contribution is -2.48. The Bertz CT molecular complexity index is 658. The van der Waals surface area contributed by atoms with Gasteiger partial charge in [-0.25, -0.2) is 0 Å². The molecule has 1 aliphatic rings. The van der Waals surface area contributed by atoms with Gasteiger partial charge < -0.3 is 9.88 Å². The van der Waals surface area contributed by atoms with Crippen LogP contribution in [-0.2, 0) is 6.54 Å². The molecule has 21 heavy (non-hydrogen) atoms. The number of hydrogen-bond acceptors (Lipinski definition) is 4. The average molecular weight is 319 g/mol. The molecule has 0 unspecified atom stereocenters. The molecule has 3 heterocycles. The van der Waals surface area contributed by atoms with Crippen LogP contribution in [0.25, 0.3) is 0 Å². The van der Waals surface area contributed by atoms with Crippen LogP contribution in [0.3, 0.4) is 0 Å². The van der Waals surface area contributed by atoms with Gasteiger partial charge in [-0.2, -0.15) is 0 Å². The normalized spacial score (nSPS) is 16.1. The number of thiophene rings is 1. The van der Waals surface area contributed by atoms with Crippen molar-refractivity contribution in [1.82, 2.24) is 14.8 Å². The Labute approximate surface area is 133 Å². The van der Waals surface area contributed by atoms with Gasteiger partial charge in [0.25, 0.3) is 5.91 Å². The van der Waals surface area contributed by atoms with E-state index in [2.05, 4.69) is 27.4 Å². The summed E-state index contributed by atoms with van der Waals surface area (Å²) in [6, 6.07) is 7.84. The Balaban J connectivity index is 1.59. The second-order valence-corrected chi connectivity index (χ2v) is 6.50. The molecule has 1 saturated heterocycles. The smallest absolute Gasteiger partial charge is 0.256 e. The molecule has 2 aromatic heterocycles. The molecule has 0 atom stereocenters. The fourth-order valence-electron chi connectivity index (χ4n) is 2.49. The van der Waals surface area contributed by atoms with E-state index < -0.39 is 0 Å². The van der Waals surface area contributed by atoms with Crippen LogP contribution in [-0.4, -0.2) is 46.9 Å². The lowest BCUT2D eigenvalue weighted by Gasteiger charge is -2.34. The maximum atomic E-state index is 12.5. The third-order valence-corrected chi connectivity index (χ3v) is 4.87. The third-order valence-electron chi connectivity index (χ3n) is 3.67. The highest BCUT2D eigenvalue weighted by molar-refractivity contribution is 7.71. The van der Waals surface area contributed by atoms with Crippen molar-refractivity contribution in [1.29, 1.82) is 0 Å². The molecular formula is C15H17N3OS2. The van der Waals surface area contributed by atoms with E-state index in [0.717, 1.165) is 32.7 Å². The average Bonchev–Trinajstić information content (AvgIpc) is 3.01. The topological polar surface area (TPSA) is 39.3 Å².